The second-order valence-electron chi connectivity index (χ2n) is 3.52. The molecule has 0 aliphatic heterocycles. The van der Waals surface area contributed by atoms with Gasteiger partial charge in [0, 0.05) is 12.6 Å². The summed E-state index contributed by atoms with van der Waals surface area (Å²) in [6.45, 7) is 8.95. The standard InChI is InChI=1S/C10H20N2/c1-3-7-12(4-2)10-6-5-9(10)8-11/h3,9-10H,1,4-8,11H2,2H3. The fraction of sp³-hybridized carbons (Fsp3) is 0.800. The molecule has 2 heteroatoms. The van der Waals surface area contributed by atoms with Gasteiger partial charge in [0.1, 0.15) is 0 Å². The highest BCUT2D eigenvalue weighted by atomic mass is 15.2. The minimum Gasteiger partial charge on any atom is -0.330 e. The van der Waals surface area contributed by atoms with Gasteiger partial charge < -0.3 is 5.73 Å². The van der Waals surface area contributed by atoms with Crippen molar-refractivity contribution in [2.24, 2.45) is 11.7 Å². The van der Waals surface area contributed by atoms with Crippen LogP contribution in [0.3, 0.4) is 0 Å². The molecule has 2 N–H and O–H groups in total. The van der Waals surface area contributed by atoms with Crippen LogP contribution in [0.1, 0.15) is 19.8 Å². The summed E-state index contributed by atoms with van der Waals surface area (Å²) in [5, 5.41) is 0. The highest BCUT2D eigenvalue weighted by molar-refractivity contribution is 4.91. The fourth-order valence-corrected chi connectivity index (χ4v) is 1.97. The Balaban J connectivity index is 2.37. The third-order valence-corrected chi connectivity index (χ3v) is 2.92. The number of hydrogen-bond acceptors (Lipinski definition) is 2. The molecule has 1 aliphatic rings. The van der Waals surface area contributed by atoms with Gasteiger partial charge >= 0.3 is 0 Å². The Hall–Kier alpha value is -0.340. The number of likely N-dealkylation sites (N-methyl/N-ethyl adjacent to an activating group) is 1. The molecule has 12 heavy (non-hydrogen) atoms. The van der Waals surface area contributed by atoms with Gasteiger partial charge in [0.15, 0.2) is 0 Å². The average Bonchev–Trinajstić information content (AvgIpc) is 2.02. The maximum Gasteiger partial charge on any atom is 0.0163 e. The largest absolute Gasteiger partial charge is 0.330 e. The molecule has 1 fully saturated rings. The molecule has 0 heterocycles. The Morgan fingerprint density at radius 3 is 2.67 bits per heavy atom. The summed E-state index contributed by atoms with van der Waals surface area (Å²) in [5.74, 6) is 0.741. The van der Waals surface area contributed by atoms with Crippen LogP contribution in [0.5, 0.6) is 0 Å². The van der Waals surface area contributed by atoms with Crippen LogP contribution in [0, 0.1) is 5.92 Å². The molecule has 0 spiro atoms. The molecule has 1 saturated carbocycles. The van der Waals surface area contributed by atoms with E-state index < -0.39 is 0 Å². The zero-order valence-electron chi connectivity index (χ0n) is 8.00. The molecule has 0 aromatic rings. The van der Waals surface area contributed by atoms with Crippen LogP contribution in [-0.2, 0) is 0 Å². The average molecular weight is 168 g/mol. The van der Waals surface area contributed by atoms with Crippen molar-refractivity contribution in [3.8, 4) is 0 Å². The van der Waals surface area contributed by atoms with Gasteiger partial charge in [0.25, 0.3) is 0 Å². The molecule has 0 radical (unpaired) electrons. The predicted molar refractivity (Wildman–Crippen MR) is 53.0 cm³/mol. The van der Waals surface area contributed by atoms with Crippen LogP contribution in [0.15, 0.2) is 12.7 Å². The molecule has 0 saturated heterocycles. The lowest BCUT2D eigenvalue weighted by atomic mass is 9.78. The summed E-state index contributed by atoms with van der Waals surface area (Å²) in [7, 11) is 0. The van der Waals surface area contributed by atoms with Gasteiger partial charge in [-0.15, -0.1) is 6.58 Å². The quantitative estimate of drug-likeness (QED) is 0.626. The summed E-state index contributed by atoms with van der Waals surface area (Å²) in [6, 6.07) is 0.734. The predicted octanol–water partition coefficient (Wildman–Crippen LogP) is 1.23. The van der Waals surface area contributed by atoms with Crippen molar-refractivity contribution < 1.29 is 0 Å². The van der Waals surface area contributed by atoms with Crippen molar-refractivity contribution in [1.29, 1.82) is 0 Å². The first-order valence-electron chi connectivity index (χ1n) is 4.88. The molecule has 0 aromatic heterocycles. The third-order valence-electron chi connectivity index (χ3n) is 2.92. The van der Waals surface area contributed by atoms with Crippen LogP contribution in [0.25, 0.3) is 0 Å². The SMILES string of the molecule is C=CCN(CC)C1CCC1CN. The van der Waals surface area contributed by atoms with Crippen molar-refractivity contribution in [3.63, 3.8) is 0 Å². The van der Waals surface area contributed by atoms with Gasteiger partial charge in [-0.25, -0.2) is 0 Å². The van der Waals surface area contributed by atoms with E-state index >= 15 is 0 Å². The molecular formula is C10H20N2. The zero-order valence-corrected chi connectivity index (χ0v) is 8.00. The fourth-order valence-electron chi connectivity index (χ4n) is 1.97. The van der Waals surface area contributed by atoms with Crippen molar-refractivity contribution >= 4 is 0 Å². The minimum atomic E-state index is 0.734. The van der Waals surface area contributed by atoms with Crippen LogP contribution in [-0.4, -0.2) is 30.6 Å². The van der Waals surface area contributed by atoms with Crippen molar-refractivity contribution in [3.05, 3.63) is 12.7 Å². The number of nitrogens with two attached hydrogens (primary N) is 1. The van der Waals surface area contributed by atoms with E-state index in [-0.39, 0.29) is 0 Å². The first-order chi connectivity index (χ1) is 5.83. The second kappa shape index (κ2) is 4.63. The Kier molecular flexibility index (Phi) is 3.76. The highest BCUT2D eigenvalue weighted by Gasteiger charge is 2.32. The summed E-state index contributed by atoms with van der Waals surface area (Å²) in [6.07, 6.45) is 4.62. The zero-order chi connectivity index (χ0) is 8.97. The van der Waals surface area contributed by atoms with E-state index in [9.17, 15) is 0 Å². The van der Waals surface area contributed by atoms with E-state index in [1.807, 2.05) is 6.08 Å². The van der Waals surface area contributed by atoms with Gasteiger partial charge in [0.2, 0.25) is 0 Å². The Bertz CT molecular complexity index is 143. The molecule has 1 aliphatic carbocycles. The first-order valence-corrected chi connectivity index (χ1v) is 4.88. The van der Waals surface area contributed by atoms with Crippen molar-refractivity contribution in [1.82, 2.24) is 4.90 Å². The van der Waals surface area contributed by atoms with Gasteiger partial charge in [-0.3, -0.25) is 4.90 Å². The van der Waals surface area contributed by atoms with Gasteiger partial charge in [-0.2, -0.15) is 0 Å². The maximum atomic E-state index is 5.66. The summed E-state index contributed by atoms with van der Waals surface area (Å²) < 4.78 is 0. The Morgan fingerprint density at radius 2 is 2.33 bits per heavy atom. The number of rotatable bonds is 5. The monoisotopic (exact) mass is 168 g/mol. The molecule has 0 amide bonds. The first kappa shape index (κ1) is 9.75. The molecule has 0 aromatic carbocycles. The smallest absolute Gasteiger partial charge is 0.0163 e. The molecule has 2 nitrogen and oxygen atoms in total. The molecular weight excluding hydrogens is 148 g/mol. The van der Waals surface area contributed by atoms with Gasteiger partial charge in [0.05, 0.1) is 0 Å². The van der Waals surface area contributed by atoms with Gasteiger partial charge in [-0.05, 0) is 31.8 Å². The third kappa shape index (κ3) is 1.87. The maximum absolute atomic E-state index is 5.66. The number of nitrogens with zero attached hydrogens (tertiary/aromatic N) is 1. The van der Waals surface area contributed by atoms with E-state index in [0.29, 0.717) is 0 Å². The van der Waals surface area contributed by atoms with E-state index in [2.05, 4.69) is 18.4 Å². The number of hydrogen-bond donors (Lipinski definition) is 1. The van der Waals surface area contributed by atoms with E-state index in [4.69, 9.17) is 5.73 Å². The molecule has 2 atom stereocenters. The normalized spacial score (nSPS) is 28.6. The van der Waals surface area contributed by atoms with E-state index in [0.717, 1.165) is 31.6 Å². The van der Waals surface area contributed by atoms with E-state index in [1.54, 1.807) is 0 Å². The lowest BCUT2D eigenvalue weighted by Gasteiger charge is -2.43. The molecule has 0 bridgehead atoms. The Labute approximate surface area is 75.4 Å². The Morgan fingerprint density at radius 1 is 1.58 bits per heavy atom. The lowest BCUT2D eigenvalue weighted by Crippen LogP contribution is -2.49. The van der Waals surface area contributed by atoms with Crippen LogP contribution < -0.4 is 5.73 Å². The van der Waals surface area contributed by atoms with Gasteiger partial charge in [-0.1, -0.05) is 13.0 Å². The second-order valence-corrected chi connectivity index (χ2v) is 3.52. The molecule has 70 valence electrons. The lowest BCUT2D eigenvalue weighted by molar-refractivity contribution is 0.0815. The summed E-state index contributed by atoms with van der Waals surface area (Å²) in [4.78, 5) is 2.47. The topological polar surface area (TPSA) is 29.3 Å². The summed E-state index contributed by atoms with van der Waals surface area (Å²) >= 11 is 0. The minimum absolute atomic E-state index is 0.734. The summed E-state index contributed by atoms with van der Waals surface area (Å²) in [5.41, 5.74) is 5.66. The van der Waals surface area contributed by atoms with Crippen LogP contribution in [0.4, 0.5) is 0 Å². The van der Waals surface area contributed by atoms with E-state index in [1.165, 1.54) is 12.8 Å². The van der Waals surface area contributed by atoms with Crippen LogP contribution >= 0.6 is 0 Å². The van der Waals surface area contributed by atoms with Crippen molar-refractivity contribution in [2.45, 2.75) is 25.8 Å². The highest BCUT2D eigenvalue weighted by Crippen LogP contribution is 2.30. The van der Waals surface area contributed by atoms with Crippen LogP contribution in [0.2, 0.25) is 0 Å². The van der Waals surface area contributed by atoms with Crippen molar-refractivity contribution in [2.75, 3.05) is 19.6 Å². The molecule has 1 rings (SSSR count). The molecule has 2 unspecified atom stereocenters.